The van der Waals surface area contributed by atoms with Gasteiger partial charge in [0.05, 0.1) is 33.4 Å². The fourth-order valence-corrected chi connectivity index (χ4v) is 4.43. The number of carbonyl (C=O) groups excluding carboxylic acids is 1. The van der Waals surface area contributed by atoms with Crippen molar-refractivity contribution in [3.05, 3.63) is 77.3 Å². The third-order valence-electron chi connectivity index (χ3n) is 5.40. The second-order valence-corrected chi connectivity index (χ2v) is 8.42. The van der Waals surface area contributed by atoms with Crippen LogP contribution in [-0.2, 0) is 18.3 Å². The van der Waals surface area contributed by atoms with Gasteiger partial charge < -0.3 is 24.1 Å². The van der Waals surface area contributed by atoms with Crippen molar-refractivity contribution in [2.24, 2.45) is 7.05 Å². The van der Waals surface area contributed by atoms with E-state index >= 15 is 0 Å². The Hall–Kier alpha value is -3.85. The van der Waals surface area contributed by atoms with Crippen LogP contribution in [0.4, 0.5) is 0 Å². The van der Waals surface area contributed by atoms with E-state index in [9.17, 15) is 4.79 Å². The molecular weight excluding hydrogens is 452 g/mol. The van der Waals surface area contributed by atoms with E-state index in [1.807, 2.05) is 65.7 Å². The highest BCUT2D eigenvalue weighted by molar-refractivity contribution is 7.13. The van der Waals surface area contributed by atoms with E-state index in [1.54, 1.807) is 27.5 Å². The van der Waals surface area contributed by atoms with Gasteiger partial charge in [-0.2, -0.15) is 0 Å². The highest BCUT2D eigenvalue weighted by Gasteiger charge is 2.21. The number of carbonyl (C=O) groups is 1. The standard InChI is InChI=1S/C25H26N4O4S/c1-29-12-11-26-24(29)23(16-5-8-19(31-2)9-6-16)28-22(30)14-18-15-34-25(27-18)17-7-10-20(32-3)21(13-17)33-4/h5-13,15,23H,14H2,1-4H3,(H,28,30). The molecule has 1 unspecified atom stereocenters. The highest BCUT2D eigenvalue weighted by atomic mass is 32.1. The largest absolute Gasteiger partial charge is 0.497 e. The number of imidazole rings is 1. The number of methoxy groups -OCH3 is 3. The van der Waals surface area contributed by atoms with Gasteiger partial charge >= 0.3 is 0 Å². The van der Waals surface area contributed by atoms with E-state index in [0.717, 1.165) is 27.7 Å². The average Bonchev–Trinajstić information content (AvgIpc) is 3.51. The van der Waals surface area contributed by atoms with Crippen molar-refractivity contribution in [2.75, 3.05) is 21.3 Å². The van der Waals surface area contributed by atoms with Crippen LogP contribution in [0.1, 0.15) is 23.1 Å². The lowest BCUT2D eigenvalue weighted by Gasteiger charge is -2.19. The zero-order chi connectivity index (χ0) is 24.1. The van der Waals surface area contributed by atoms with Gasteiger partial charge in [-0.15, -0.1) is 11.3 Å². The summed E-state index contributed by atoms with van der Waals surface area (Å²) in [7, 11) is 6.72. The smallest absolute Gasteiger partial charge is 0.226 e. The van der Waals surface area contributed by atoms with Crippen LogP contribution < -0.4 is 19.5 Å². The Balaban J connectivity index is 1.51. The molecule has 2 aromatic carbocycles. The van der Waals surface area contributed by atoms with E-state index in [4.69, 9.17) is 14.2 Å². The number of nitrogens with zero attached hydrogens (tertiary/aromatic N) is 3. The zero-order valence-corrected chi connectivity index (χ0v) is 20.3. The summed E-state index contributed by atoms with van der Waals surface area (Å²) in [5.74, 6) is 2.63. The van der Waals surface area contributed by atoms with Gasteiger partial charge in [0.25, 0.3) is 0 Å². The van der Waals surface area contributed by atoms with Crippen LogP contribution in [0.2, 0.25) is 0 Å². The molecule has 0 saturated carbocycles. The Labute approximate surface area is 202 Å². The minimum absolute atomic E-state index is 0.145. The molecule has 1 atom stereocenters. The maximum absolute atomic E-state index is 13.0. The first-order valence-electron chi connectivity index (χ1n) is 10.6. The summed E-state index contributed by atoms with van der Waals surface area (Å²) >= 11 is 1.48. The van der Waals surface area contributed by atoms with Gasteiger partial charge in [0, 0.05) is 30.4 Å². The van der Waals surface area contributed by atoms with Crippen molar-refractivity contribution < 1.29 is 19.0 Å². The Morgan fingerprint density at radius 3 is 2.47 bits per heavy atom. The summed E-state index contributed by atoms with van der Waals surface area (Å²) < 4.78 is 17.8. The second kappa shape index (κ2) is 10.4. The molecule has 9 heteroatoms. The SMILES string of the molecule is COc1ccc(C(NC(=O)Cc2csc(-c3ccc(OC)c(OC)c3)n2)c2nccn2C)cc1. The maximum Gasteiger partial charge on any atom is 0.226 e. The van der Waals surface area contributed by atoms with Crippen LogP contribution in [0, 0.1) is 0 Å². The fraction of sp³-hybridized carbons (Fsp3) is 0.240. The van der Waals surface area contributed by atoms with E-state index in [0.29, 0.717) is 17.2 Å². The van der Waals surface area contributed by atoms with E-state index < -0.39 is 6.04 Å². The molecular formula is C25H26N4O4S. The first-order valence-corrected chi connectivity index (χ1v) is 11.5. The van der Waals surface area contributed by atoms with Crippen molar-refractivity contribution in [2.45, 2.75) is 12.5 Å². The molecule has 0 spiro atoms. The van der Waals surface area contributed by atoms with Crippen LogP contribution in [0.15, 0.2) is 60.2 Å². The molecule has 176 valence electrons. The number of hydrogen-bond acceptors (Lipinski definition) is 7. The van der Waals surface area contributed by atoms with Gasteiger partial charge in [-0.05, 0) is 35.9 Å². The van der Waals surface area contributed by atoms with Crippen molar-refractivity contribution >= 4 is 17.2 Å². The summed E-state index contributed by atoms with van der Waals surface area (Å²) in [5, 5.41) is 5.81. The van der Waals surface area contributed by atoms with Crippen LogP contribution in [0.5, 0.6) is 17.2 Å². The molecule has 0 saturated heterocycles. The number of amides is 1. The Morgan fingerprint density at radius 1 is 1.06 bits per heavy atom. The fourth-order valence-electron chi connectivity index (χ4n) is 3.62. The second-order valence-electron chi connectivity index (χ2n) is 7.56. The predicted molar refractivity (Wildman–Crippen MR) is 131 cm³/mol. The lowest BCUT2D eigenvalue weighted by Crippen LogP contribution is -2.32. The molecule has 0 fully saturated rings. The molecule has 1 N–H and O–H groups in total. The predicted octanol–water partition coefficient (Wildman–Crippen LogP) is 4.02. The van der Waals surface area contributed by atoms with E-state index in [-0.39, 0.29) is 12.3 Å². The Morgan fingerprint density at radius 2 is 1.82 bits per heavy atom. The van der Waals surface area contributed by atoms with E-state index in [2.05, 4.69) is 15.3 Å². The third-order valence-corrected chi connectivity index (χ3v) is 6.34. The van der Waals surface area contributed by atoms with Crippen molar-refractivity contribution in [1.82, 2.24) is 19.9 Å². The molecule has 4 aromatic rings. The van der Waals surface area contributed by atoms with Crippen molar-refractivity contribution in [3.63, 3.8) is 0 Å². The Bertz CT molecular complexity index is 1270. The highest BCUT2D eigenvalue weighted by Crippen LogP contribution is 2.33. The number of rotatable bonds is 9. The summed E-state index contributed by atoms with van der Waals surface area (Å²) in [6.45, 7) is 0. The molecule has 0 radical (unpaired) electrons. The summed E-state index contributed by atoms with van der Waals surface area (Å²) in [4.78, 5) is 22.1. The molecule has 4 rings (SSSR count). The van der Waals surface area contributed by atoms with Gasteiger partial charge in [-0.1, -0.05) is 12.1 Å². The first kappa shape index (κ1) is 23.3. The zero-order valence-electron chi connectivity index (χ0n) is 19.4. The molecule has 0 bridgehead atoms. The van der Waals surface area contributed by atoms with Gasteiger partial charge in [0.1, 0.15) is 22.6 Å². The van der Waals surface area contributed by atoms with Crippen LogP contribution in [0.3, 0.4) is 0 Å². The minimum atomic E-state index is -0.401. The Kier molecular flexibility index (Phi) is 7.12. The molecule has 1 amide bonds. The number of ether oxygens (including phenoxy) is 3. The van der Waals surface area contributed by atoms with Gasteiger partial charge in [0.2, 0.25) is 5.91 Å². The number of nitrogens with one attached hydrogen (secondary N) is 1. The van der Waals surface area contributed by atoms with Crippen molar-refractivity contribution in [3.8, 4) is 27.8 Å². The minimum Gasteiger partial charge on any atom is -0.497 e. The van der Waals surface area contributed by atoms with Crippen molar-refractivity contribution in [1.29, 1.82) is 0 Å². The molecule has 34 heavy (non-hydrogen) atoms. The van der Waals surface area contributed by atoms with Crippen LogP contribution in [0.25, 0.3) is 10.6 Å². The number of aromatic nitrogens is 3. The topological polar surface area (TPSA) is 87.5 Å². The van der Waals surface area contributed by atoms with E-state index in [1.165, 1.54) is 11.3 Å². The lowest BCUT2D eigenvalue weighted by molar-refractivity contribution is -0.121. The number of aryl methyl sites for hydroxylation is 1. The summed E-state index contributed by atoms with van der Waals surface area (Å²) in [6, 6.07) is 12.8. The van der Waals surface area contributed by atoms with Gasteiger partial charge in [-0.3, -0.25) is 4.79 Å². The van der Waals surface area contributed by atoms with Gasteiger partial charge in [0.15, 0.2) is 11.5 Å². The number of hydrogen-bond donors (Lipinski definition) is 1. The molecule has 0 aliphatic heterocycles. The lowest BCUT2D eigenvalue weighted by atomic mass is 10.1. The average molecular weight is 479 g/mol. The normalized spacial score (nSPS) is 11.6. The maximum atomic E-state index is 13.0. The molecule has 8 nitrogen and oxygen atoms in total. The van der Waals surface area contributed by atoms with Crippen LogP contribution in [-0.4, -0.2) is 41.8 Å². The molecule has 2 aromatic heterocycles. The van der Waals surface area contributed by atoms with Gasteiger partial charge in [-0.25, -0.2) is 9.97 Å². The third kappa shape index (κ3) is 5.04. The quantitative estimate of drug-likeness (QED) is 0.391. The molecule has 0 aliphatic rings. The first-order chi connectivity index (χ1) is 16.5. The molecule has 0 aliphatic carbocycles. The summed E-state index contributed by atoms with van der Waals surface area (Å²) in [5.41, 5.74) is 2.51. The number of thiazole rings is 1. The van der Waals surface area contributed by atoms with Crippen LogP contribution >= 0.6 is 11.3 Å². The number of benzene rings is 2. The summed E-state index contributed by atoms with van der Waals surface area (Å²) in [6.07, 6.45) is 3.72. The monoisotopic (exact) mass is 478 g/mol. The molecule has 2 heterocycles.